The normalized spacial score (nSPS) is 18.1. The number of likely N-dealkylation sites (tertiary alicyclic amines) is 2. The predicted octanol–water partition coefficient (Wildman–Crippen LogP) is 8.79. The van der Waals surface area contributed by atoms with E-state index >= 15 is 0 Å². The van der Waals surface area contributed by atoms with E-state index in [1.807, 2.05) is 56.0 Å². The minimum Gasteiger partial charge on any atom is -0.0127 e. The third-order valence-electron chi connectivity index (χ3n) is 16.3. The molecule has 0 unspecified atom stereocenters. The molecule has 4 aromatic rings. The van der Waals surface area contributed by atoms with Gasteiger partial charge in [0.1, 0.15) is 0 Å². The number of hydrogen-bond donors (Lipinski definition) is 4. The standard InChI is InChI=1S/C58H75F2N12O6PS/c1-36-51(80-35-63-36)38-18-16-37(17-19-38)30-62-55(75)48-28-42(79-78)33-71(48)56(76)52(58(2,3)4)65-49(73)14-10-8-7-9-11-15-50(74)68-24-20-41(21-25-68)72-46-22-26-69(57(77)61-5)34-45(46)54(66-72)70-23-12-13-39-27-43(40-31-64-67(6)32-40)44(53(59)60)29-47(39)70/h16-19,27,29,31-32,41,48,52-53,63H,7-15,20-26,28,30,33-35H2,1-6H3,(H2-,61,62,65,73,75,77)/p+1/t48-,52+/m0/s1. The minimum atomic E-state index is -2.70. The molecule has 18 nitrogen and oxygen atoms in total. The van der Waals surface area contributed by atoms with Gasteiger partial charge in [-0.05, 0) is 62.3 Å². The number of nitrogens with zero attached hydrogens (tertiary/aromatic N) is 8. The number of halogens is 2. The number of unbranched alkanes of at least 4 members (excludes halogenated alkanes) is 4. The van der Waals surface area contributed by atoms with Gasteiger partial charge in [-0.3, -0.25) is 14.2 Å². The van der Waals surface area contributed by atoms with Gasteiger partial charge in [-0.2, -0.15) is 10.2 Å². The van der Waals surface area contributed by atoms with Gasteiger partial charge >= 0.3 is 219 Å². The predicted molar refractivity (Wildman–Crippen MR) is 307 cm³/mol. The first-order valence-corrected chi connectivity index (χ1v) is 30.0. The Morgan fingerprint density at radius 1 is 0.912 bits per heavy atom. The number of urea groups is 1. The Labute approximate surface area is 473 Å². The zero-order chi connectivity index (χ0) is 56.8. The van der Waals surface area contributed by atoms with Crippen LogP contribution in [-0.4, -0.2) is 127 Å². The first kappa shape index (κ1) is 58.3. The first-order valence-electron chi connectivity index (χ1n) is 28.2. The van der Waals surface area contributed by atoms with Crippen LogP contribution in [0.4, 0.5) is 25.1 Å². The Bertz CT molecular complexity index is 3050. The zero-order valence-corrected chi connectivity index (χ0v) is 48.6. The molecule has 2 aromatic heterocycles. The number of rotatable bonds is 18. The second-order valence-corrected chi connectivity index (χ2v) is 24.7. The number of nitrogens with one attached hydrogen (secondary N) is 4. The van der Waals surface area contributed by atoms with Crippen molar-refractivity contribution in [2.45, 2.75) is 149 Å². The van der Waals surface area contributed by atoms with Gasteiger partial charge in [0.2, 0.25) is 5.91 Å². The summed E-state index contributed by atoms with van der Waals surface area (Å²) < 4.78 is 45.4. The summed E-state index contributed by atoms with van der Waals surface area (Å²) in [5.74, 6) is 0.665. The molecule has 0 spiro atoms. The monoisotopic (exact) mass is 1140 g/mol. The van der Waals surface area contributed by atoms with E-state index in [0.29, 0.717) is 92.8 Å². The Balaban J connectivity index is 0.738. The molecule has 22 heteroatoms. The zero-order valence-electron chi connectivity index (χ0n) is 46.9. The Morgan fingerprint density at radius 2 is 1.65 bits per heavy atom. The molecule has 2 aromatic carbocycles. The first-order chi connectivity index (χ1) is 38.4. The van der Waals surface area contributed by atoms with E-state index in [1.165, 1.54) is 9.81 Å². The maximum atomic E-state index is 14.8. The van der Waals surface area contributed by atoms with Crippen LogP contribution in [0.1, 0.15) is 144 Å². The van der Waals surface area contributed by atoms with Crippen LogP contribution in [0.2, 0.25) is 0 Å². The summed E-state index contributed by atoms with van der Waals surface area (Å²) in [6.07, 6.45) is 8.85. The van der Waals surface area contributed by atoms with E-state index in [4.69, 9.17) is 5.10 Å². The van der Waals surface area contributed by atoms with Gasteiger partial charge in [0.05, 0.1) is 24.7 Å². The molecule has 80 heavy (non-hydrogen) atoms. The molecule has 5 aliphatic rings. The number of alkyl halides is 2. The van der Waals surface area contributed by atoms with Gasteiger partial charge in [-0.25, -0.2) is 13.6 Å². The molecular formula is C58H76F2N12O6PS+. The molecule has 2 atom stereocenters. The third kappa shape index (κ3) is 13.2. The Morgan fingerprint density at radius 3 is 2.31 bits per heavy atom. The molecule has 0 bridgehead atoms. The summed E-state index contributed by atoms with van der Waals surface area (Å²) in [7, 11) is 3.16. The summed E-state index contributed by atoms with van der Waals surface area (Å²) in [5, 5.41) is 22.1. The number of aromatic nitrogens is 4. The van der Waals surface area contributed by atoms with E-state index in [-0.39, 0.29) is 75.3 Å². The quantitative estimate of drug-likeness (QED) is 0.0549. The molecule has 4 N–H and O–H groups in total. The van der Waals surface area contributed by atoms with E-state index in [2.05, 4.69) is 42.9 Å². The van der Waals surface area contributed by atoms with Gasteiger partial charge in [0.15, 0.2) is 5.82 Å². The van der Waals surface area contributed by atoms with Gasteiger partial charge in [-0.1, -0.05) is 0 Å². The second kappa shape index (κ2) is 25.6. The fourth-order valence-electron chi connectivity index (χ4n) is 11.8. The van der Waals surface area contributed by atoms with Crippen molar-refractivity contribution in [3.05, 3.63) is 88.0 Å². The summed E-state index contributed by atoms with van der Waals surface area (Å²) in [6.45, 7) is 10.6. The van der Waals surface area contributed by atoms with Gasteiger partial charge in [-0.15, -0.1) is 0 Å². The number of allylic oxidation sites excluding steroid dienone is 1. The van der Waals surface area contributed by atoms with Crippen LogP contribution in [0.3, 0.4) is 0 Å². The maximum absolute atomic E-state index is 14.8. The van der Waals surface area contributed by atoms with E-state index in [0.717, 1.165) is 78.0 Å². The van der Waals surface area contributed by atoms with Crippen LogP contribution in [0, 0.1) is 5.41 Å². The maximum Gasteiger partial charge on any atom is 0.0529 e. The fourth-order valence-corrected chi connectivity index (χ4v) is 13.3. The molecule has 7 heterocycles. The van der Waals surface area contributed by atoms with Crippen LogP contribution in [-0.2, 0) is 56.7 Å². The molecule has 0 aliphatic carbocycles. The van der Waals surface area contributed by atoms with E-state index in [9.17, 15) is 37.3 Å². The number of anilines is 2. The summed E-state index contributed by atoms with van der Waals surface area (Å²) in [5.41, 5.74) is 7.18. The van der Waals surface area contributed by atoms with Gasteiger partial charge in [0.25, 0.3) is 6.43 Å². The van der Waals surface area contributed by atoms with E-state index < -0.39 is 23.9 Å². The van der Waals surface area contributed by atoms with Crippen LogP contribution in [0.15, 0.2) is 54.5 Å². The van der Waals surface area contributed by atoms with Crippen molar-refractivity contribution in [1.29, 1.82) is 0 Å². The third-order valence-corrected chi connectivity index (χ3v) is 18.0. The topological polar surface area (TPSA) is 199 Å². The SMILES string of the molecule is CNC(=O)N1CCc2c(c(N3CCCc4cc(-c5cnn(C)c5)c(C(F)F)cc43)nn2C2CCN(C(=O)CCCCCCCC(=O)N[C@H](C(=O)N3CC(=[P+]=O)C[C@H]3C(=O)NCc3ccc(C4=C(C)NCS4)cc3)C(C)(C)C)CC2)C1. The number of amides is 6. The van der Waals surface area contributed by atoms with E-state index in [1.54, 1.807) is 53.9 Å². The van der Waals surface area contributed by atoms with Crippen LogP contribution >= 0.6 is 19.8 Å². The molecule has 5 aliphatic heterocycles. The van der Waals surface area contributed by atoms with Gasteiger partial charge in [0, 0.05) is 87.4 Å². The number of piperidine rings is 1. The largest absolute Gasteiger partial charge is 0.0529 e. The molecule has 2 saturated heterocycles. The Hall–Kier alpha value is -6.34. The van der Waals surface area contributed by atoms with Crippen molar-refractivity contribution in [3.8, 4) is 11.1 Å². The average Bonchev–Trinajstić information content (AvgIpc) is 4.45. The van der Waals surface area contributed by atoms with Crippen LogP contribution in [0.25, 0.3) is 16.0 Å². The van der Waals surface area contributed by atoms with Crippen LogP contribution < -0.4 is 26.2 Å². The average molecular weight is 1140 g/mol. The molecule has 6 amide bonds. The number of carbonyl (C=O) groups excluding carboxylic acids is 5. The van der Waals surface area contributed by atoms with Crippen molar-refractivity contribution >= 4 is 71.2 Å². The van der Waals surface area contributed by atoms with Crippen molar-refractivity contribution in [2.75, 3.05) is 50.5 Å². The Kier molecular flexibility index (Phi) is 18.7. The van der Waals surface area contributed by atoms with Crippen molar-refractivity contribution in [1.82, 2.24) is 55.5 Å². The number of fused-ring (bicyclic) bond motifs is 2. The summed E-state index contributed by atoms with van der Waals surface area (Å²) in [6, 6.07) is 9.59. The summed E-state index contributed by atoms with van der Waals surface area (Å²) in [4.78, 5) is 76.2. The number of hydrogen-bond acceptors (Lipinski definition) is 11. The number of thioether (sulfide) groups is 1. The molecule has 0 radical (unpaired) electrons. The minimum absolute atomic E-state index is 0.0238. The molecule has 2 fully saturated rings. The summed E-state index contributed by atoms with van der Waals surface area (Å²) >= 11 is 1.75. The second-order valence-electron chi connectivity index (χ2n) is 22.9. The molecule has 9 rings (SSSR count). The molecular weight excluding hydrogens is 1060 g/mol. The van der Waals surface area contributed by atoms with Crippen molar-refractivity contribution < 1.29 is 37.3 Å². The van der Waals surface area contributed by atoms with Crippen molar-refractivity contribution in [3.63, 3.8) is 0 Å². The smallest absolute Gasteiger partial charge is 0.0127 e. The fraction of sp³-hybridized carbons (Fsp3) is 0.552. The van der Waals surface area contributed by atoms with Crippen LogP contribution in [0.5, 0.6) is 0 Å². The number of aryl methyl sites for hydroxylation is 2. The number of benzene rings is 2. The van der Waals surface area contributed by atoms with Gasteiger partial charge < -0.3 is 25.3 Å². The van der Waals surface area contributed by atoms with Crippen molar-refractivity contribution in [2.24, 2.45) is 12.5 Å². The molecule has 0 saturated carbocycles. The number of carbonyl (C=O) groups is 5. The molecule has 428 valence electrons.